The van der Waals surface area contributed by atoms with Crippen molar-refractivity contribution in [1.29, 1.82) is 0 Å². The van der Waals surface area contributed by atoms with Crippen LogP contribution >= 0.6 is 23.4 Å². The van der Waals surface area contributed by atoms with E-state index in [-0.39, 0.29) is 30.0 Å². The third-order valence-corrected chi connectivity index (χ3v) is 6.43. The molecule has 1 aromatic heterocycles. The normalized spacial score (nSPS) is 19.0. The number of carbonyl (C=O) groups excluding carboxylic acids is 2. The Kier molecular flexibility index (Phi) is 7.55. The number of hydrogen-bond acceptors (Lipinski definition) is 5. The van der Waals surface area contributed by atoms with Gasteiger partial charge >= 0.3 is 0 Å². The Morgan fingerprint density at radius 3 is 2.62 bits per heavy atom. The zero-order chi connectivity index (χ0) is 20.8. The number of benzene rings is 1. The van der Waals surface area contributed by atoms with Gasteiger partial charge in [0.2, 0.25) is 11.8 Å². The molecule has 2 aromatic rings. The van der Waals surface area contributed by atoms with Crippen LogP contribution in [0.15, 0.2) is 29.4 Å². The molecule has 1 fully saturated rings. The van der Waals surface area contributed by atoms with Crippen LogP contribution in [0.3, 0.4) is 0 Å². The van der Waals surface area contributed by atoms with Gasteiger partial charge < -0.3 is 15.2 Å². The zero-order valence-electron chi connectivity index (χ0n) is 16.7. The zero-order valence-corrected chi connectivity index (χ0v) is 18.2. The molecular formula is C20H26ClN5O2S. The van der Waals surface area contributed by atoms with Crippen molar-refractivity contribution < 1.29 is 9.59 Å². The molecule has 29 heavy (non-hydrogen) atoms. The average Bonchev–Trinajstić information content (AvgIpc) is 3.03. The molecule has 156 valence electrons. The number of nitrogens with zero attached hydrogens (tertiary/aromatic N) is 3. The van der Waals surface area contributed by atoms with Gasteiger partial charge in [-0.1, -0.05) is 43.1 Å². The lowest BCUT2D eigenvalue weighted by molar-refractivity contribution is -0.120. The van der Waals surface area contributed by atoms with Gasteiger partial charge in [-0.3, -0.25) is 9.59 Å². The Morgan fingerprint density at radius 1 is 1.17 bits per heavy atom. The molecule has 1 aliphatic carbocycles. The average molecular weight is 436 g/mol. The van der Waals surface area contributed by atoms with Crippen LogP contribution in [0.4, 0.5) is 5.69 Å². The number of amides is 2. The van der Waals surface area contributed by atoms with E-state index in [1.807, 2.05) is 0 Å². The first-order valence-electron chi connectivity index (χ1n) is 9.78. The number of carbonyl (C=O) groups is 2. The van der Waals surface area contributed by atoms with E-state index in [2.05, 4.69) is 27.8 Å². The van der Waals surface area contributed by atoms with Crippen LogP contribution in [-0.4, -0.2) is 38.4 Å². The molecule has 0 saturated heterocycles. The van der Waals surface area contributed by atoms with Gasteiger partial charge in [-0.05, 0) is 43.0 Å². The monoisotopic (exact) mass is 435 g/mol. The predicted octanol–water partition coefficient (Wildman–Crippen LogP) is 3.44. The summed E-state index contributed by atoms with van der Waals surface area (Å²) in [6.45, 7) is 2.20. The van der Waals surface area contributed by atoms with Gasteiger partial charge in [0, 0.05) is 23.8 Å². The lowest BCUT2D eigenvalue weighted by Gasteiger charge is -2.29. The fourth-order valence-electron chi connectivity index (χ4n) is 3.42. The molecule has 2 amide bonds. The van der Waals surface area contributed by atoms with E-state index in [0.717, 1.165) is 6.42 Å². The van der Waals surface area contributed by atoms with Gasteiger partial charge in [-0.2, -0.15) is 0 Å². The van der Waals surface area contributed by atoms with Crippen LogP contribution in [0.2, 0.25) is 5.02 Å². The predicted molar refractivity (Wildman–Crippen MR) is 115 cm³/mol. The van der Waals surface area contributed by atoms with E-state index in [4.69, 9.17) is 11.6 Å². The summed E-state index contributed by atoms with van der Waals surface area (Å²) in [6.07, 6.45) is 4.73. The first-order chi connectivity index (χ1) is 13.9. The van der Waals surface area contributed by atoms with Crippen molar-refractivity contribution in [3.63, 3.8) is 0 Å². The van der Waals surface area contributed by atoms with Crippen LogP contribution in [-0.2, 0) is 23.1 Å². The van der Waals surface area contributed by atoms with Crippen molar-refractivity contribution in [1.82, 2.24) is 20.1 Å². The number of nitrogens with one attached hydrogen (secondary N) is 2. The molecule has 2 atom stereocenters. The SMILES string of the molecule is C[C@H]1CCCC[C@H]1NC(=O)CSc1nnc(CC(=O)Nc2ccc(Cl)cc2)n1C. The Balaban J connectivity index is 1.49. The molecule has 0 unspecified atom stereocenters. The summed E-state index contributed by atoms with van der Waals surface area (Å²) in [5, 5.41) is 15.4. The summed E-state index contributed by atoms with van der Waals surface area (Å²) < 4.78 is 1.75. The van der Waals surface area contributed by atoms with Crippen molar-refractivity contribution in [2.45, 2.75) is 50.2 Å². The Bertz CT molecular complexity index is 855. The van der Waals surface area contributed by atoms with E-state index in [9.17, 15) is 9.59 Å². The van der Waals surface area contributed by atoms with Crippen molar-refractivity contribution in [2.75, 3.05) is 11.1 Å². The fourth-order valence-corrected chi connectivity index (χ4v) is 4.28. The molecule has 2 N–H and O–H groups in total. The van der Waals surface area contributed by atoms with Crippen LogP contribution in [0.5, 0.6) is 0 Å². The van der Waals surface area contributed by atoms with Crippen LogP contribution in [0.25, 0.3) is 0 Å². The van der Waals surface area contributed by atoms with Gasteiger partial charge in [0.1, 0.15) is 5.82 Å². The standard InChI is InChI=1S/C20H26ClN5O2S/c1-13-5-3-4-6-16(13)23-19(28)12-29-20-25-24-17(26(20)2)11-18(27)22-15-9-7-14(21)8-10-15/h7-10,13,16H,3-6,11-12H2,1-2H3,(H,22,27)(H,23,28)/t13-,16+/m0/s1. The minimum absolute atomic E-state index is 0.0128. The van der Waals surface area contributed by atoms with Crippen molar-refractivity contribution in [3.8, 4) is 0 Å². The minimum Gasteiger partial charge on any atom is -0.352 e. The molecule has 9 heteroatoms. The molecular weight excluding hydrogens is 410 g/mol. The molecule has 1 aliphatic rings. The molecule has 1 aromatic carbocycles. The van der Waals surface area contributed by atoms with Gasteiger partial charge in [-0.25, -0.2) is 0 Å². The number of rotatable bonds is 7. The molecule has 1 heterocycles. The summed E-state index contributed by atoms with van der Waals surface area (Å²) in [5.41, 5.74) is 0.671. The molecule has 0 bridgehead atoms. The number of halogens is 1. The van der Waals surface area contributed by atoms with Gasteiger partial charge in [0.15, 0.2) is 5.16 Å². The highest BCUT2D eigenvalue weighted by Gasteiger charge is 2.23. The quantitative estimate of drug-likeness (QED) is 0.650. The summed E-state index contributed by atoms with van der Waals surface area (Å²) in [5.74, 6) is 1.17. The minimum atomic E-state index is -0.191. The molecule has 3 rings (SSSR count). The second-order valence-electron chi connectivity index (χ2n) is 7.41. The topological polar surface area (TPSA) is 88.9 Å². The highest BCUT2D eigenvalue weighted by atomic mass is 35.5. The maximum atomic E-state index is 12.3. The van der Waals surface area contributed by atoms with Crippen LogP contribution in [0.1, 0.15) is 38.4 Å². The van der Waals surface area contributed by atoms with E-state index in [0.29, 0.717) is 27.6 Å². The van der Waals surface area contributed by atoms with Gasteiger partial charge in [-0.15, -0.1) is 10.2 Å². The molecule has 1 saturated carbocycles. The summed E-state index contributed by atoms with van der Waals surface area (Å²) >= 11 is 7.18. The number of aromatic nitrogens is 3. The fraction of sp³-hybridized carbons (Fsp3) is 0.500. The van der Waals surface area contributed by atoms with Gasteiger partial charge in [0.25, 0.3) is 0 Å². The summed E-state index contributed by atoms with van der Waals surface area (Å²) in [6, 6.07) is 7.18. The maximum Gasteiger partial charge on any atom is 0.232 e. The highest BCUT2D eigenvalue weighted by molar-refractivity contribution is 7.99. The Hall–Kier alpha value is -2.06. The number of anilines is 1. The molecule has 0 radical (unpaired) electrons. The van der Waals surface area contributed by atoms with Crippen LogP contribution < -0.4 is 10.6 Å². The number of hydrogen-bond donors (Lipinski definition) is 2. The molecule has 7 nitrogen and oxygen atoms in total. The summed E-state index contributed by atoms with van der Waals surface area (Å²) in [7, 11) is 1.80. The van der Waals surface area contributed by atoms with Gasteiger partial charge in [0.05, 0.1) is 12.2 Å². The lowest BCUT2D eigenvalue weighted by Crippen LogP contribution is -2.41. The van der Waals surface area contributed by atoms with E-state index >= 15 is 0 Å². The van der Waals surface area contributed by atoms with E-state index in [1.165, 1.54) is 31.0 Å². The number of thioether (sulfide) groups is 1. The van der Waals surface area contributed by atoms with E-state index < -0.39 is 0 Å². The van der Waals surface area contributed by atoms with Crippen molar-refractivity contribution >= 4 is 40.9 Å². The molecule has 0 spiro atoms. The smallest absolute Gasteiger partial charge is 0.232 e. The maximum absolute atomic E-state index is 12.3. The van der Waals surface area contributed by atoms with Crippen LogP contribution in [0, 0.1) is 5.92 Å². The first-order valence-corrected chi connectivity index (χ1v) is 11.1. The second-order valence-corrected chi connectivity index (χ2v) is 8.79. The Morgan fingerprint density at radius 2 is 1.90 bits per heavy atom. The third-order valence-electron chi connectivity index (χ3n) is 5.16. The van der Waals surface area contributed by atoms with Crippen molar-refractivity contribution in [2.24, 2.45) is 13.0 Å². The second kappa shape index (κ2) is 10.1. The third kappa shape index (κ3) is 6.21. The van der Waals surface area contributed by atoms with Crippen molar-refractivity contribution in [3.05, 3.63) is 35.1 Å². The lowest BCUT2D eigenvalue weighted by atomic mass is 9.86. The highest BCUT2D eigenvalue weighted by Crippen LogP contribution is 2.24. The first kappa shape index (κ1) is 21.6. The summed E-state index contributed by atoms with van der Waals surface area (Å²) in [4.78, 5) is 24.5. The largest absolute Gasteiger partial charge is 0.352 e. The van der Waals surface area contributed by atoms with E-state index in [1.54, 1.807) is 35.9 Å². The molecule has 0 aliphatic heterocycles. The Labute approximate surface area is 180 Å².